The molecular formula is C12H21BrN2O2. The number of ether oxygens (including phenoxy) is 1. The van der Waals surface area contributed by atoms with Crippen molar-refractivity contribution in [1.82, 2.24) is 9.88 Å². The summed E-state index contributed by atoms with van der Waals surface area (Å²) in [5.41, 5.74) is 0.985. The largest absolute Gasteiger partial charge is 0.462 e. The van der Waals surface area contributed by atoms with Crippen LogP contribution in [0.15, 0.2) is 16.9 Å². The Labute approximate surface area is 111 Å². The molecule has 1 rings (SSSR count). The zero-order valence-corrected chi connectivity index (χ0v) is 12.7. The Morgan fingerprint density at radius 3 is 2.29 bits per heavy atom. The molecule has 0 aliphatic rings. The first kappa shape index (κ1) is 16.2. The monoisotopic (exact) mass is 304 g/mol. The fourth-order valence-electron chi connectivity index (χ4n) is 1.01. The number of H-pyrrole nitrogens is 1. The van der Waals surface area contributed by atoms with Crippen molar-refractivity contribution in [2.24, 2.45) is 0 Å². The van der Waals surface area contributed by atoms with Gasteiger partial charge in [0.1, 0.15) is 5.60 Å². The van der Waals surface area contributed by atoms with Crippen molar-refractivity contribution >= 4 is 22.4 Å². The van der Waals surface area contributed by atoms with Gasteiger partial charge in [-0.2, -0.15) is 0 Å². The number of hydrogen-bond donors (Lipinski definition) is 1. The molecule has 0 bridgehead atoms. The Morgan fingerprint density at radius 1 is 1.47 bits per heavy atom. The van der Waals surface area contributed by atoms with Gasteiger partial charge in [-0.05, 0) is 62.4 Å². The highest BCUT2D eigenvalue weighted by Gasteiger charge is 2.07. The van der Waals surface area contributed by atoms with Crippen LogP contribution in [-0.4, -0.2) is 36.1 Å². The predicted octanol–water partition coefficient (Wildman–Crippen LogP) is 2.80. The molecule has 1 heterocycles. The van der Waals surface area contributed by atoms with E-state index in [-0.39, 0.29) is 5.60 Å². The van der Waals surface area contributed by atoms with E-state index in [2.05, 4.69) is 50.7 Å². The molecule has 0 saturated heterocycles. The Balaban J connectivity index is 0.000000325. The topological polar surface area (TPSA) is 45.3 Å². The average molecular weight is 305 g/mol. The maximum Gasteiger partial charge on any atom is 0.293 e. The molecule has 0 atom stereocenters. The lowest BCUT2D eigenvalue weighted by atomic mass is 10.2. The maximum atomic E-state index is 9.60. The van der Waals surface area contributed by atoms with Crippen molar-refractivity contribution in [3.8, 4) is 0 Å². The molecule has 0 amide bonds. The lowest BCUT2D eigenvalue weighted by Gasteiger charge is -2.14. The van der Waals surface area contributed by atoms with Crippen LogP contribution in [0.25, 0.3) is 0 Å². The van der Waals surface area contributed by atoms with E-state index in [0.717, 1.165) is 11.1 Å². The van der Waals surface area contributed by atoms with E-state index >= 15 is 0 Å². The third-order valence-electron chi connectivity index (χ3n) is 1.61. The van der Waals surface area contributed by atoms with Gasteiger partial charge in [-0.25, -0.2) is 0 Å². The van der Waals surface area contributed by atoms with Gasteiger partial charge in [0.05, 0.1) is 4.60 Å². The predicted molar refractivity (Wildman–Crippen MR) is 72.8 cm³/mol. The van der Waals surface area contributed by atoms with Crippen LogP contribution >= 0.6 is 15.9 Å². The molecule has 4 nitrogen and oxygen atoms in total. The van der Waals surface area contributed by atoms with Crippen molar-refractivity contribution in [1.29, 1.82) is 0 Å². The van der Waals surface area contributed by atoms with Crippen LogP contribution < -0.4 is 0 Å². The van der Waals surface area contributed by atoms with Gasteiger partial charge in [0.15, 0.2) is 0 Å². The third-order valence-corrected chi connectivity index (χ3v) is 2.07. The molecule has 0 unspecified atom stereocenters. The number of aromatic nitrogens is 1. The second-order valence-electron chi connectivity index (χ2n) is 4.92. The van der Waals surface area contributed by atoms with Gasteiger partial charge in [-0.1, -0.05) is 0 Å². The number of halogens is 1. The zero-order valence-electron chi connectivity index (χ0n) is 11.1. The molecule has 98 valence electrons. The SMILES string of the molecule is CC(C)(C)OC=O.CN(C)Cc1c[nH]c(Br)c1. The molecule has 0 aliphatic carbocycles. The van der Waals surface area contributed by atoms with Crippen molar-refractivity contribution in [3.63, 3.8) is 0 Å². The van der Waals surface area contributed by atoms with Crippen molar-refractivity contribution in [2.45, 2.75) is 32.9 Å². The lowest BCUT2D eigenvalue weighted by molar-refractivity contribution is -0.138. The molecule has 0 saturated carbocycles. The molecule has 1 aromatic heterocycles. The van der Waals surface area contributed by atoms with Crippen molar-refractivity contribution in [3.05, 3.63) is 22.4 Å². The smallest absolute Gasteiger partial charge is 0.293 e. The molecule has 0 radical (unpaired) electrons. The van der Waals surface area contributed by atoms with Gasteiger partial charge >= 0.3 is 0 Å². The maximum absolute atomic E-state index is 9.60. The summed E-state index contributed by atoms with van der Waals surface area (Å²) in [6, 6.07) is 2.08. The van der Waals surface area contributed by atoms with E-state index in [0.29, 0.717) is 6.47 Å². The number of carbonyl (C=O) groups is 1. The van der Waals surface area contributed by atoms with Crippen LogP contribution in [0.1, 0.15) is 26.3 Å². The third kappa shape index (κ3) is 10.1. The fourth-order valence-corrected chi connectivity index (χ4v) is 1.42. The van der Waals surface area contributed by atoms with E-state index in [1.54, 1.807) is 0 Å². The normalized spacial score (nSPS) is 10.8. The average Bonchev–Trinajstić information content (AvgIpc) is 2.48. The molecule has 0 aromatic carbocycles. The molecule has 0 aliphatic heterocycles. The first-order valence-electron chi connectivity index (χ1n) is 5.33. The van der Waals surface area contributed by atoms with Gasteiger partial charge in [0.2, 0.25) is 0 Å². The highest BCUT2D eigenvalue weighted by atomic mass is 79.9. The van der Waals surface area contributed by atoms with E-state index < -0.39 is 0 Å². The first-order chi connectivity index (χ1) is 7.74. The Kier molecular flexibility index (Phi) is 7.15. The highest BCUT2D eigenvalue weighted by molar-refractivity contribution is 9.10. The number of nitrogens with one attached hydrogen (secondary N) is 1. The van der Waals surface area contributed by atoms with Gasteiger partial charge < -0.3 is 14.6 Å². The summed E-state index contributed by atoms with van der Waals surface area (Å²) in [6.45, 7) is 6.91. The van der Waals surface area contributed by atoms with Crippen LogP contribution in [0.5, 0.6) is 0 Å². The molecule has 1 N–H and O–H groups in total. The van der Waals surface area contributed by atoms with Crippen LogP contribution in [0.2, 0.25) is 0 Å². The molecule has 1 aromatic rings. The summed E-state index contributed by atoms with van der Waals surface area (Å²) in [4.78, 5) is 14.8. The Morgan fingerprint density at radius 2 is 2.06 bits per heavy atom. The highest BCUT2D eigenvalue weighted by Crippen LogP contribution is 2.10. The summed E-state index contributed by atoms with van der Waals surface area (Å²) in [6.07, 6.45) is 2.00. The number of nitrogens with zero attached hydrogens (tertiary/aromatic N) is 1. The van der Waals surface area contributed by atoms with Crippen LogP contribution in [-0.2, 0) is 16.1 Å². The standard InChI is InChI=1S/C7H11BrN2.C5H10O2/c1-10(2)5-6-3-7(8)9-4-6;1-5(2,3)7-4-6/h3-4,9H,5H2,1-2H3;4H,1-3H3. The Bertz CT molecular complexity index is 329. The number of carbonyl (C=O) groups excluding carboxylic acids is 1. The van der Waals surface area contributed by atoms with E-state index in [1.165, 1.54) is 5.56 Å². The minimum Gasteiger partial charge on any atom is -0.462 e. The second-order valence-corrected chi connectivity index (χ2v) is 5.77. The second kappa shape index (κ2) is 7.50. The summed E-state index contributed by atoms with van der Waals surface area (Å²) in [7, 11) is 4.11. The quantitative estimate of drug-likeness (QED) is 0.873. The van der Waals surface area contributed by atoms with E-state index in [1.807, 2.05) is 27.0 Å². The summed E-state index contributed by atoms with van der Waals surface area (Å²) in [5, 5.41) is 0. The van der Waals surface area contributed by atoms with Crippen molar-refractivity contribution in [2.75, 3.05) is 14.1 Å². The molecule has 0 spiro atoms. The van der Waals surface area contributed by atoms with Gasteiger partial charge in [-0.15, -0.1) is 0 Å². The van der Waals surface area contributed by atoms with E-state index in [9.17, 15) is 4.79 Å². The summed E-state index contributed by atoms with van der Waals surface area (Å²) >= 11 is 3.35. The van der Waals surface area contributed by atoms with Crippen LogP contribution in [0, 0.1) is 0 Å². The van der Waals surface area contributed by atoms with Crippen molar-refractivity contribution < 1.29 is 9.53 Å². The lowest BCUT2D eigenvalue weighted by Crippen LogP contribution is -2.17. The van der Waals surface area contributed by atoms with Gasteiger partial charge in [0, 0.05) is 12.7 Å². The summed E-state index contributed by atoms with van der Waals surface area (Å²) < 4.78 is 5.59. The molecule has 5 heteroatoms. The van der Waals surface area contributed by atoms with E-state index in [4.69, 9.17) is 0 Å². The van der Waals surface area contributed by atoms with Gasteiger partial charge in [0.25, 0.3) is 6.47 Å². The number of hydrogen-bond acceptors (Lipinski definition) is 3. The number of aromatic amines is 1. The molecule has 0 fully saturated rings. The zero-order chi connectivity index (χ0) is 13.5. The number of rotatable bonds is 3. The van der Waals surface area contributed by atoms with Crippen LogP contribution in [0.4, 0.5) is 0 Å². The summed E-state index contributed by atoms with van der Waals surface area (Å²) in [5.74, 6) is 0. The van der Waals surface area contributed by atoms with Gasteiger partial charge in [-0.3, -0.25) is 4.79 Å². The first-order valence-corrected chi connectivity index (χ1v) is 6.13. The minimum atomic E-state index is -0.318. The Hall–Kier alpha value is -0.810. The van der Waals surface area contributed by atoms with Crippen LogP contribution in [0.3, 0.4) is 0 Å². The molecular weight excluding hydrogens is 284 g/mol. The molecule has 17 heavy (non-hydrogen) atoms. The fraction of sp³-hybridized carbons (Fsp3) is 0.583. The minimum absolute atomic E-state index is 0.318.